The van der Waals surface area contributed by atoms with E-state index in [0.29, 0.717) is 12.0 Å². The molecule has 5 heteroatoms. The van der Waals surface area contributed by atoms with Crippen LogP contribution in [0.5, 0.6) is 0 Å². The number of ether oxygens (including phenoxy) is 1. The molecule has 19 heavy (non-hydrogen) atoms. The molecule has 2 rings (SSSR count). The maximum Gasteiger partial charge on any atom is 0.0796 e. The fourth-order valence-electron chi connectivity index (χ4n) is 2.27. The van der Waals surface area contributed by atoms with E-state index in [4.69, 9.17) is 10.5 Å². The van der Waals surface area contributed by atoms with Crippen LogP contribution in [0.2, 0.25) is 0 Å². The van der Waals surface area contributed by atoms with Gasteiger partial charge in [0.15, 0.2) is 0 Å². The SMILES string of the molecule is CC(C)CN1CCOC(CSc2ccncc2N)C1. The van der Waals surface area contributed by atoms with E-state index < -0.39 is 0 Å². The molecular weight excluding hydrogens is 258 g/mol. The molecule has 1 fully saturated rings. The second kappa shape index (κ2) is 7.12. The van der Waals surface area contributed by atoms with Gasteiger partial charge in [-0.25, -0.2) is 0 Å². The highest BCUT2D eigenvalue weighted by molar-refractivity contribution is 7.99. The Kier molecular flexibility index (Phi) is 5.48. The van der Waals surface area contributed by atoms with Crippen LogP contribution in [0.25, 0.3) is 0 Å². The van der Waals surface area contributed by atoms with Crippen molar-refractivity contribution in [3.63, 3.8) is 0 Å². The lowest BCUT2D eigenvalue weighted by molar-refractivity contribution is -0.0191. The van der Waals surface area contributed by atoms with Crippen LogP contribution >= 0.6 is 11.8 Å². The molecule has 106 valence electrons. The lowest BCUT2D eigenvalue weighted by atomic mass is 10.2. The molecule has 1 aromatic rings. The summed E-state index contributed by atoms with van der Waals surface area (Å²) in [6.07, 6.45) is 3.78. The van der Waals surface area contributed by atoms with Crippen molar-refractivity contribution in [2.45, 2.75) is 24.8 Å². The Morgan fingerprint density at radius 2 is 2.42 bits per heavy atom. The van der Waals surface area contributed by atoms with Crippen LogP contribution in [-0.2, 0) is 4.74 Å². The first-order valence-corrected chi connectivity index (χ1v) is 7.80. The van der Waals surface area contributed by atoms with Crippen molar-refractivity contribution < 1.29 is 4.74 Å². The van der Waals surface area contributed by atoms with E-state index in [0.717, 1.165) is 42.6 Å². The third-order valence-corrected chi connectivity index (χ3v) is 4.30. The highest BCUT2D eigenvalue weighted by Crippen LogP contribution is 2.25. The van der Waals surface area contributed by atoms with E-state index in [1.165, 1.54) is 0 Å². The zero-order valence-electron chi connectivity index (χ0n) is 11.7. The highest BCUT2D eigenvalue weighted by Gasteiger charge is 2.21. The summed E-state index contributed by atoms with van der Waals surface area (Å²) in [4.78, 5) is 7.60. The first-order valence-electron chi connectivity index (χ1n) is 6.81. The summed E-state index contributed by atoms with van der Waals surface area (Å²) in [5.74, 6) is 1.66. The summed E-state index contributed by atoms with van der Waals surface area (Å²) in [6.45, 7) is 8.59. The summed E-state index contributed by atoms with van der Waals surface area (Å²) >= 11 is 1.76. The standard InChI is InChI=1S/C14H23N3OS/c1-11(2)8-17-5-6-18-12(9-17)10-19-14-3-4-16-7-13(14)15/h3-4,7,11-12H,5-6,8-10,15H2,1-2H3. The lowest BCUT2D eigenvalue weighted by Crippen LogP contribution is -2.44. The van der Waals surface area contributed by atoms with Crippen LogP contribution in [0, 0.1) is 5.92 Å². The second-order valence-electron chi connectivity index (χ2n) is 5.37. The topological polar surface area (TPSA) is 51.4 Å². The first-order chi connectivity index (χ1) is 9.15. The van der Waals surface area contributed by atoms with Crippen molar-refractivity contribution in [3.8, 4) is 0 Å². The monoisotopic (exact) mass is 281 g/mol. The molecule has 1 atom stereocenters. The molecule has 1 saturated heterocycles. The first kappa shape index (κ1) is 14.6. The number of hydrogen-bond acceptors (Lipinski definition) is 5. The van der Waals surface area contributed by atoms with Gasteiger partial charge in [0, 0.05) is 36.5 Å². The Labute approximate surface area is 119 Å². The summed E-state index contributed by atoms with van der Waals surface area (Å²) in [5.41, 5.74) is 6.65. The third-order valence-electron chi connectivity index (χ3n) is 3.08. The summed E-state index contributed by atoms with van der Waals surface area (Å²) in [6, 6.07) is 1.97. The molecule has 1 unspecified atom stereocenters. The zero-order valence-corrected chi connectivity index (χ0v) is 12.5. The quantitative estimate of drug-likeness (QED) is 0.838. The van der Waals surface area contributed by atoms with Gasteiger partial charge in [0.2, 0.25) is 0 Å². The molecule has 0 radical (unpaired) electrons. The van der Waals surface area contributed by atoms with Gasteiger partial charge in [0.25, 0.3) is 0 Å². The Morgan fingerprint density at radius 3 is 3.16 bits per heavy atom. The number of nitrogens with zero attached hydrogens (tertiary/aromatic N) is 2. The number of nitrogen functional groups attached to an aromatic ring is 1. The molecule has 1 aliphatic rings. The van der Waals surface area contributed by atoms with Crippen LogP contribution < -0.4 is 5.73 Å². The molecule has 1 aromatic heterocycles. The predicted molar refractivity (Wildman–Crippen MR) is 80.4 cm³/mol. The molecule has 0 saturated carbocycles. The van der Waals surface area contributed by atoms with Crippen LogP contribution in [0.15, 0.2) is 23.4 Å². The van der Waals surface area contributed by atoms with E-state index in [1.807, 2.05) is 6.07 Å². The summed E-state index contributed by atoms with van der Waals surface area (Å²) in [5, 5.41) is 0. The molecule has 2 heterocycles. The number of aromatic nitrogens is 1. The van der Waals surface area contributed by atoms with E-state index in [1.54, 1.807) is 24.2 Å². The number of rotatable bonds is 5. The average Bonchev–Trinajstić information content (AvgIpc) is 2.37. The van der Waals surface area contributed by atoms with E-state index in [2.05, 4.69) is 23.7 Å². The summed E-state index contributed by atoms with van der Waals surface area (Å²) < 4.78 is 5.83. The van der Waals surface area contributed by atoms with Crippen LogP contribution in [0.3, 0.4) is 0 Å². The number of anilines is 1. The Bertz CT molecular complexity index is 400. The van der Waals surface area contributed by atoms with Crippen molar-refractivity contribution in [2.24, 2.45) is 5.92 Å². The van der Waals surface area contributed by atoms with Crippen molar-refractivity contribution in [1.29, 1.82) is 0 Å². The number of morpholine rings is 1. The molecular formula is C14H23N3OS. The van der Waals surface area contributed by atoms with Crippen LogP contribution in [-0.4, -0.2) is 48.0 Å². The Hall–Kier alpha value is -0.780. The second-order valence-corrected chi connectivity index (χ2v) is 6.43. The molecule has 0 aromatic carbocycles. The van der Waals surface area contributed by atoms with E-state index >= 15 is 0 Å². The third kappa shape index (κ3) is 4.67. The number of nitrogens with two attached hydrogens (primary N) is 1. The molecule has 2 N–H and O–H groups in total. The minimum absolute atomic E-state index is 0.296. The fourth-order valence-corrected chi connectivity index (χ4v) is 3.22. The van der Waals surface area contributed by atoms with Crippen molar-refractivity contribution >= 4 is 17.4 Å². The number of thioether (sulfide) groups is 1. The largest absolute Gasteiger partial charge is 0.397 e. The average molecular weight is 281 g/mol. The smallest absolute Gasteiger partial charge is 0.0796 e. The zero-order chi connectivity index (χ0) is 13.7. The Morgan fingerprint density at radius 1 is 1.58 bits per heavy atom. The van der Waals surface area contributed by atoms with Gasteiger partial charge in [0.1, 0.15) is 0 Å². The summed E-state index contributed by atoms with van der Waals surface area (Å²) in [7, 11) is 0. The fraction of sp³-hybridized carbons (Fsp3) is 0.643. The van der Waals surface area contributed by atoms with Crippen molar-refractivity contribution in [3.05, 3.63) is 18.5 Å². The van der Waals surface area contributed by atoms with Gasteiger partial charge in [-0.15, -0.1) is 11.8 Å². The van der Waals surface area contributed by atoms with Gasteiger partial charge in [0.05, 0.1) is 24.6 Å². The van der Waals surface area contributed by atoms with Gasteiger partial charge in [-0.3, -0.25) is 9.88 Å². The van der Waals surface area contributed by atoms with Gasteiger partial charge in [-0.05, 0) is 12.0 Å². The van der Waals surface area contributed by atoms with Gasteiger partial charge >= 0.3 is 0 Å². The maximum absolute atomic E-state index is 5.89. The predicted octanol–water partition coefficient (Wildman–Crippen LogP) is 2.11. The van der Waals surface area contributed by atoms with Crippen LogP contribution in [0.4, 0.5) is 5.69 Å². The number of pyridine rings is 1. The van der Waals surface area contributed by atoms with Crippen LogP contribution in [0.1, 0.15) is 13.8 Å². The molecule has 0 aliphatic carbocycles. The molecule has 1 aliphatic heterocycles. The molecule has 0 spiro atoms. The number of hydrogen-bond donors (Lipinski definition) is 1. The minimum Gasteiger partial charge on any atom is -0.397 e. The van der Waals surface area contributed by atoms with E-state index in [9.17, 15) is 0 Å². The maximum atomic E-state index is 5.89. The minimum atomic E-state index is 0.296. The van der Waals surface area contributed by atoms with Crippen molar-refractivity contribution in [2.75, 3.05) is 37.7 Å². The normalized spacial score (nSPS) is 20.9. The van der Waals surface area contributed by atoms with Gasteiger partial charge in [-0.1, -0.05) is 13.8 Å². The van der Waals surface area contributed by atoms with Gasteiger partial charge in [-0.2, -0.15) is 0 Å². The van der Waals surface area contributed by atoms with Crippen molar-refractivity contribution in [1.82, 2.24) is 9.88 Å². The lowest BCUT2D eigenvalue weighted by Gasteiger charge is -2.33. The molecule has 0 amide bonds. The molecule has 0 bridgehead atoms. The van der Waals surface area contributed by atoms with E-state index in [-0.39, 0.29) is 0 Å². The Balaban J connectivity index is 1.81. The van der Waals surface area contributed by atoms with Gasteiger partial charge < -0.3 is 10.5 Å². The molecule has 4 nitrogen and oxygen atoms in total. The highest BCUT2D eigenvalue weighted by atomic mass is 32.2.